The van der Waals surface area contributed by atoms with Crippen LogP contribution in [0.2, 0.25) is 0 Å². The molecule has 1 aliphatic heterocycles. The molecule has 1 atom stereocenters. The lowest BCUT2D eigenvalue weighted by Gasteiger charge is -2.28. The minimum atomic E-state index is -0.737. The quantitative estimate of drug-likeness (QED) is 0.506. The van der Waals surface area contributed by atoms with Crippen LogP contribution in [0, 0.1) is 0 Å². The van der Waals surface area contributed by atoms with Gasteiger partial charge in [-0.05, 0) is 64.1 Å². The van der Waals surface area contributed by atoms with E-state index in [0.717, 1.165) is 17.0 Å². The minimum absolute atomic E-state index is 0.302. The lowest BCUT2D eigenvalue weighted by Crippen LogP contribution is -2.45. The van der Waals surface area contributed by atoms with Crippen molar-refractivity contribution in [2.24, 2.45) is 0 Å². The summed E-state index contributed by atoms with van der Waals surface area (Å²) in [6.45, 7) is 7.77. The summed E-state index contributed by atoms with van der Waals surface area (Å²) in [5.74, 6) is 0.262. The number of benzene rings is 2. The molecular formula is C26H28N4O4. The third kappa shape index (κ3) is 4.80. The van der Waals surface area contributed by atoms with E-state index in [4.69, 9.17) is 14.6 Å². The number of allylic oxidation sites excluding steroid dienone is 1. The third-order valence-electron chi connectivity index (χ3n) is 5.34. The highest BCUT2D eigenvalue weighted by Crippen LogP contribution is 2.35. The number of carbonyl (C=O) groups excluding carboxylic acids is 2. The number of nitrogens with zero attached hydrogens (tertiary/aromatic N) is 2. The van der Waals surface area contributed by atoms with Crippen molar-refractivity contribution in [2.45, 2.75) is 39.8 Å². The van der Waals surface area contributed by atoms with Gasteiger partial charge in [0.15, 0.2) is 0 Å². The predicted molar refractivity (Wildman–Crippen MR) is 129 cm³/mol. The summed E-state index contributed by atoms with van der Waals surface area (Å²) in [6, 6.07) is 16.1. The minimum Gasteiger partial charge on any atom is -0.494 e. The first-order valence-electron chi connectivity index (χ1n) is 11.2. The number of carbonyl (C=O) groups is 2. The summed E-state index contributed by atoms with van der Waals surface area (Å²) in [5.41, 5.74) is 3.79. The van der Waals surface area contributed by atoms with E-state index >= 15 is 0 Å². The van der Waals surface area contributed by atoms with Crippen molar-refractivity contribution < 1.29 is 19.1 Å². The maximum absolute atomic E-state index is 13.0. The van der Waals surface area contributed by atoms with Gasteiger partial charge in [-0.2, -0.15) is 5.10 Å². The number of esters is 1. The average molecular weight is 461 g/mol. The molecule has 34 heavy (non-hydrogen) atoms. The fourth-order valence-electron chi connectivity index (χ4n) is 3.89. The molecule has 176 valence electrons. The van der Waals surface area contributed by atoms with Crippen LogP contribution in [0.1, 0.15) is 39.3 Å². The van der Waals surface area contributed by atoms with Crippen molar-refractivity contribution in [3.05, 3.63) is 77.6 Å². The van der Waals surface area contributed by atoms with Crippen LogP contribution >= 0.6 is 0 Å². The van der Waals surface area contributed by atoms with Gasteiger partial charge in [0.25, 0.3) is 0 Å². The lowest BCUT2D eigenvalue weighted by atomic mass is 9.93. The molecule has 1 aliphatic rings. The Labute approximate surface area is 198 Å². The predicted octanol–water partition coefficient (Wildman–Crippen LogP) is 4.52. The van der Waals surface area contributed by atoms with Crippen LogP contribution in [0.3, 0.4) is 0 Å². The molecule has 8 nitrogen and oxygen atoms in total. The third-order valence-corrected chi connectivity index (χ3v) is 5.34. The monoisotopic (exact) mass is 460 g/mol. The second-order valence-electron chi connectivity index (χ2n) is 8.19. The van der Waals surface area contributed by atoms with Crippen molar-refractivity contribution in [1.82, 2.24) is 20.4 Å². The Morgan fingerprint density at radius 1 is 1.12 bits per heavy atom. The molecule has 0 bridgehead atoms. The standard InChI is InChI=1S/C26H28N4O4/c1-5-33-20-13-11-18(12-14-20)23-21(15-30(29-23)19-9-7-6-8-10-19)24-22(25(31)34-16(2)3)17(4)27-26(32)28-24/h6-16,24H,5H2,1-4H3,(H2,27,28,32)/t24-/m1/s1. The van der Waals surface area contributed by atoms with Crippen LogP contribution in [-0.2, 0) is 9.53 Å². The summed E-state index contributed by atoms with van der Waals surface area (Å²) < 4.78 is 12.8. The number of urea groups is 1. The molecule has 0 aliphatic carbocycles. The van der Waals surface area contributed by atoms with E-state index in [1.165, 1.54) is 0 Å². The summed E-state index contributed by atoms with van der Waals surface area (Å²) in [5, 5.41) is 10.4. The van der Waals surface area contributed by atoms with Crippen LogP contribution in [0.5, 0.6) is 5.75 Å². The largest absolute Gasteiger partial charge is 0.494 e. The topological polar surface area (TPSA) is 94.5 Å². The van der Waals surface area contributed by atoms with Crippen molar-refractivity contribution in [3.8, 4) is 22.7 Å². The molecule has 4 rings (SSSR count). The summed E-state index contributed by atoms with van der Waals surface area (Å²) in [7, 11) is 0. The molecular weight excluding hydrogens is 432 g/mol. The lowest BCUT2D eigenvalue weighted by molar-refractivity contribution is -0.143. The number of aromatic nitrogens is 2. The molecule has 0 spiro atoms. The second kappa shape index (κ2) is 9.82. The van der Waals surface area contributed by atoms with Crippen LogP contribution in [0.4, 0.5) is 4.79 Å². The first kappa shape index (κ1) is 23.1. The number of hydrogen-bond acceptors (Lipinski definition) is 5. The van der Waals surface area contributed by atoms with Gasteiger partial charge in [-0.1, -0.05) is 18.2 Å². The average Bonchev–Trinajstić information content (AvgIpc) is 3.25. The van der Waals surface area contributed by atoms with Gasteiger partial charge >= 0.3 is 12.0 Å². The normalized spacial score (nSPS) is 15.7. The fraction of sp³-hybridized carbons (Fsp3) is 0.269. The van der Waals surface area contributed by atoms with E-state index in [1.807, 2.05) is 67.7 Å². The van der Waals surface area contributed by atoms with Crippen LogP contribution < -0.4 is 15.4 Å². The first-order chi connectivity index (χ1) is 16.4. The molecule has 3 aromatic rings. The van der Waals surface area contributed by atoms with Crippen LogP contribution in [-0.4, -0.2) is 34.5 Å². The highest BCUT2D eigenvalue weighted by Gasteiger charge is 2.35. The molecule has 1 aromatic heterocycles. The highest BCUT2D eigenvalue weighted by molar-refractivity contribution is 5.95. The number of hydrogen-bond donors (Lipinski definition) is 2. The van der Waals surface area contributed by atoms with Crippen molar-refractivity contribution in [2.75, 3.05) is 6.61 Å². The number of nitrogens with one attached hydrogen (secondary N) is 2. The van der Waals surface area contributed by atoms with E-state index in [1.54, 1.807) is 25.5 Å². The number of ether oxygens (including phenoxy) is 2. The van der Waals surface area contributed by atoms with Gasteiger partial charge in [0.05, 0.1) is 35.7 Å². The highest BCUT2D eigenvalue weighted by atomic mass is 16.5. The maximum atomic E-state index is 13.0. The Kier molecular flexibility index (Phi) is 6.67. The van der Waals surface area contributed by atoms with Gasteiger partial charge in [-0.15, -0.1) is 0 Å². The Hall–Kier alpha value is -4.07. The molecule has 0 unspecified atom stereocenters. The van der Waals surface area contributed by atoms with E-state index in [9.17, 15) is 9.59 Å². The molecule has 0 fully saturated rings. The zero-order chi connectivity index (χ0) is 24.2. The van der Waals surface area contributed by atoms with E-state index in [2.05, 4.69) is 10.6 Å². The molecule has 2 aromatic carbocycles. The molecule has 2 N–H and O–H groups in total. The number of para-hydroxylation sites is 1. The number of amides is 2. The van der Waals surface area contributed by atoms with Crippen LogP contribution in [0.25, 0.3) is 16.9 Å². The maximum Gasteiger partial charge on any atom is 0.338 e. The van der Waals surface area contributed by atoms with Gasteiger partial charge in [0.2, 0.25) is 0 Å². The smallest absolute Gasteiger partial charge is 0.338 e. The van der Waals surface area contributed by atoms with Crippen LogP contribution in [0.15, 0.2) is 72.1 Å². The first-order valence-corrected chi connectivity index (χ1v) is 11.2. The fourth-order valence-corrected chi connectivity index (χ4v) is 3.89. The Morgan fingerprint density at radius 3 is 2.47 bits per heavy atom. The Bertz CT molecular complexity index is 1210. The molecule has 8 heteroatoms. The van der Waals surface area contributed by atoms with E-state index < -0.39 is 18.0 Å². The zero-order valence-electron chi connectivity index (χ0n) is 19.7. The van der Waals surface area contributed by atoms with E-state index in [-0.39, 0.29) is 6.10 Å². The second-order valence-corrected chi connectivity index (χ2v) is 8.19. The van der Waals surface area contributed by atoms with Gasteiger partial charge in [-0.25, -0.2) is 14.3 Å². The SMILES string of the molecule is CCOc1ccc(-c2nn(-c3ccccc3)cc2[C@H]2NC(=O)NC(C)=C2C(=O)OC(C)C)cc1. The van der Waals surface area contributed by atoms with Crippen molar-refractivity contribution in [1.29, 1.82) is 0 Å². The van der Waals surface area contributed by atoms with Gasteiger partial charge in [-0.3, -0.25) is 0 Å². The summed E-state index contributed by atoms with van der Waals surface area (Å²) in [6.07, 6.45) is 1.54. The molecule has 0 saturated heterocycles. The molecule has 2 heterocycles. The van der Waals surface area contributed by atoms with Crippen molar-refractivity contribution >= 4 is 12.0 Å². The molecule has 0 radical (unpaired) electrons. The summed E-state index contributed by atoms with van der Waals surface area (Å²) in [4.78, 5) is 25.5. The Morgan fingerprint density at radius 2 is 1.82 bits per heavy atom. The summed E-state index contributed by atoms with van der Waals surface area (Å²) >= 11 is 0. The zero-order valence-corrected chi connectivity index (χ0v) is 19.7. The Balaban J connectivity index is 1.86. The van der Waals surface area contributed by atoms with Gasteiger partial charge < -0.3 is 20.1 Å². The van der Waals surface area contributed by atoms with Crippen molar-refractivity contribution in [3.63, 3.8) is 0 Å². The number of rotatable bonds is 7. The molecule has 2 amide bonds. The van der Waals surface area contributed by atoms with Gasteiger partial charge in [0.1, 0.15) is 5.75 Å². The van der Waals surface area contributed by atoms with E-state index in [0.29, 0.717) is 29.1 Å². The van der Waals surface area contributed by atoms with Gasteiger partial charge in [0, 0.05) is 23.0 Å². The molecule has 0 saturated carbocycles.